The van der Waals surface area contributed by atoms with Crippen LogP contribution in [0.15, 0.2) is 24.5 Å². The number of aryl methyl sites for hydroxylation is 2. The van der Waals surface area contributed by atoms with Gasteiger partial charge in [-0.25, -0.2) is 14.1 Å². The number of nitrogens with one attached hydrogen (secondary N) is 1. The highest BCUT2D eigenvalue weighted by Gasteiger charge is 2.22. The highest BCUT2D eigenvalue weighted by molar-refractivity contribution is 6.31. The van der Waals surface area contributed by atoms with Gasteiger partial charge in [-0.05, 0) is 31.5 Å². The molecule has 0 aliphatic rings. The lowest BCUT2D eigenvalue weighted by molar-refractivity contribution is -0.386. The Labute approximate surface area is 169 Å². The van der Waals surface area contributed by atoms with Crippen LogP contribution in [0.1, 0.15) is 23.4 Å². The van der Waals surface area contributed by atoms with Crippen molar-refractivity contribution < 1.29 is 14.1 Å². The van der Waals surface area contributed by atoms with Gasteiger partial charge in [0.1, 0.15) is 23.5 Å². The molecular formula is C17H17ClFN7O3. The summed E-state index contributed by atoms with van der Waals surface area (Å²) in [6.45, 7) is 3.57. The first kappa shape index (κ1) is 20.4. The minimum atomic E-state index is -0.488. The Kier molecular flexibility index (Phi) is 5.87. The minimum Gasteiger partial charge on any atom is -0.293 e. The van der Waals surface area contributed by atoms with Crippen LogP contribution in [-0.2, 0) is 17.9 Å². The number of nitro groups is 1. The van der Waals surface area contributed by atoms with Gasteiger partial charge in [-0.2, -0.15) is 5.10 Å². The molecule has 0 aliphatic carbocycles. The molecule has 1 N–H and O–H groups in total. The molecule has 0 aliphatic heterocycles. The third kappa shape index (κ3) is 4.74. The molecular weight excluding hydrogens is 405 g/mol. The van der Waals surface area contributed by atoms with Crippen molar-refractivity contribution in [2.45, 2.75) is 33.4 Å². The fourth-order valence-electron chi connectivity index (χ4n) is 2.82. The van der Waals surface area contributed by atoms with E-state index in [4.69, 9.17) is 11.6 Å². The van der Waals surface area contributed by atoms with E-state index >= 15 is 0 Å². The lowest BCUT2D eigenvalue weighted by Gasteiger charge is -2.05. The lowest BCUT2D eigenvalue weighted by Crippen LogP contribution is -2.16. The predicted molar refractivity (Wildman–Crippen MR) is 102 cm³/mol. The number of benzene rings is 1. The number of halogens is 2. The van der Waals surface area contributed by atoms with E-state index in [-0.39, 0.29) is 42.1 Å². The van der Waals surface area contributed by atoms with Gasteiger partial charge in [0.25, 0.3) is 0 Å². The van der Waals surface area contributed by atoms with Crippen molar-refractivity contribution in [2.75, 3.05) is 5.32 Å². The third-order valence-corrected chi connectivity index (χ3v) is 4.56. The minimum absolute atomic E-state index is 0.0391. The third-order valence-electron chi connectivity index (χ3n) is 4.21. The zero-order chi connectivity index (χ0) is 21.1. The number of hydrogen-bond acceptors (Lipinski definition) is 6. The van der Waals surface area contributed by atoms with Crippen molar-refractivity contribution in [3.8, 4) is 0 Å². The maximum absolute atomic E-state index is 13.1. The SMILES string of the molecule is Cc1nn(CCC(=O)Nc2ncn(Cc3ccc(F)cc3Cl)n2)c(C)c1[N+](=O)[O-]. The van der Waals surface area contributed by atoms with Crippen molar-refractivity contribution >= 4 is 29.1 Å². The molecule has 152 valence electrons. The van der Waals surface area contributed by atoms with Gasteiger partial charge in [0.15, 0.2) is 0 Å². The summed E-state index contributed by atoms with van der Waals surface area (Å²) in [4.78, 5) is 26.7. The topological polar surface area (TPSA) is 121 Å². The van der Waals surface area contributed by atoms with Crippen LogP contribution < -0.4 is 5.32 Å². The molecule has 1 aromatic carbocycles. The van der Waals surface area contributed by atoms with E-state index in [9.17, 15) is 19.3 Å². The van der Waals surface area contributed by atoms with Gasteiger partial charge < -0.3 is 0 Å². The Morgan fingerprint density at radius 3 is 2.76 bits per heavy atom. The first-order chi connectivity index (χ1) is 13.7. The Bertz CT molecular complexity index is 1080. The summed E-state index contributed by atoms with van der Waals surface area (Å²) in [6, 6.07) is 4.05. The normalized spacial score (nSPS) is 10.9. The Morgan fingerprint density at radius 1 is 1.34 bits per heavy atom. The average molecular weight is 422 g/mol. The smallest absolute Gasteiger partial charge is 0.293 e. The number of carbonyl (C=O) groups is 1. The summed E-state index contributed by atoms with van der Waals surface area (Å²) in [5, 5.41) is 22.1. The number of hydrogen-bond donors (Lipinski definition) is 1. The van der Waals surface area contributed by atoms with Gasteiger partial charge in [0, 0.05) is 11.4 Å². The maximum atomic E-state index is 13.1. The second kappa shape index (κ2) is 8.35. The molecule has 1 amide bonds. The van der Waals surface area contributed by atoms with Crippen LogP contribution in [0.25, 0.3) is 0 Å². The number of carbonyl (C=O) groups excluding carboxylic acids is 1. The van der Waals surface area contributed by atoms with Crippen LogP contribution in [0, 0.1) is 29.8 Å². The van der Waals surface area contributed by atoms with E-state index in [0.717, 1.165) is 0 Å². The summed E-state index contributed by atoms with van der Waals surface area (Å²) in [6.07, 6.45) is 1.46. The van der Waals surface area contributed by atoms with Crippen LogP contribution >= 0.6 is 11.6 Å². The Balaban J connectivity index is 1.58. The lowest BCUT2D eigenvalue weighted by atomic mass is 10.2. The molecule has 0 unspecified atom stereocenters. The first-order valence-corrected chi connectivity index (χ1v) is 8.94. The van der Waals surface area contributed by atoms with Crippen LogP contribution in [0.4, 0.5) is 16.0 Å². The molecule has 0 bridgehead atoms. The molecule has 10 nitrogen and oxygen atoms in total. The molecule has 2 heterocycles. The second-order valence-corrected chi connectivity index (χ2v) is 6.71. The summed E-state index contributed by atoms with van der Waals surface area (Å²) < 4.78 is 16.0. The Morgan fingerprint density at radius 2 is 2.10 bits per heavy atom. The quantitative estimate of drug-likeness (QED) is 0.462. The van der Waals surface area contributed by atoms with Gasteiger partial charge in [0.05, 0.1) is 18.0 Å². The van der Waals surface area contributed by atoms with E-state index < -0.39 is 10.7 Å². The number of rotatable bonds is 7. The summed E-state index contributed by atoms with van der Waals surface area (Å²) in [7, 11) is 0. The highest BCUT2D eigenvalue weighted by atomic mass is 35.5. The number of anilines is 1. The monoisotopic (exact) mass is 421 g/mol. The molecule has 0 radical (unpaired) electrons. The molecule has 3 rings (SSSR count). The summed E-state index contributed by atoms with van der Waals surface area (Å²) >= 11 is 5.99. The average Bonchev–Trinajstić information content (AvgIpc) is 3.19. The second-order valence-electron chi connectivity index (χ2n) is 6.30. The van der Waals surface area contributed by atoms with Gasteiger partial charge in [-0.1, -0.05) is 17.7 Å². The summed E-state index contributed by atoms with van der Waals surface area (Å²) in [5.74, 6) is -0.691. The van der Waals surface area contributed by atoms with E-state index in [0.29, 0.717) is 17.0 Å². The summed E-state index contributed by atoms with van der Waals surface area (Å²) in [5.41, 5.74) is 1.29. The molecule has 0 saturated carbocycles. The predicted octanol–water partition coefficient (Wildman–Crippen LogP) is 2.87. The van der Waals surface area contributed by atoms with Gasteiger partial charge >= 0.3 is 5.69 Å². The van der Waals surface area contributed by atoms with Crippen molar-refractivity contribution in [1.29, 1.82) is 0 Å². The van der Waals surface area contributed by atoms with Crippen molar-refractivity contribution in [2.24, 2.45) is 0 Å². The highest BCUT2D eigenvalue weighted by Crippen LogP contribution is 2.22. The van der Waals surface area contributed by atoms with E-state index in [2.05, 4.69) is 20.5 Å². The molecule has 0 atom stereocenters. The van der Waals surface area contributed by atoms with Gasteiger partial charge in [-0.15, -0.1) is 5.10 Å². The molecule has 2 aromatic heterocycles. The number of aromatic nitrogens is 5. The Hall–Kier alpha value is -3.34. The molecule has 0 saturated heterocycles. The van der Waals surface area contributed by atoms with Gasteiger partial charge in [0.2, 0.25) is 11.9 Å². The van der Waals surface area contributed by atoms with E-state index in [1.807, 2.05) is 0 Å². The number of amides is 1. The molecule has 12 heteroatoms. The maximum Gasteiger partial charge on any atom is 0.312 e. The standard InChI is InChI=1S/C17H17ClFN7O3/c1-10-16(26(28)29)11(2)25(22-10)6-5-15(27)21-17-20-9-24(23-17)8-12-3-4-13(19)7-14(12)18/h3-4,7,9H,5-6,8H2,1-2H3,(H,21,23,27). The fraction of sp³-hybridized carbons (Fsp3) is 0.294. The largest absolute Gasteiger partial charge is 0.312 e. The molecule has 0 spiro atoms. The van der Waals surface area contributed by atoms with Crippen LogP contribution in [0.5, 0.6) is 0 Å². The molecule has 0 fully saturated rings. The van der Waals surface area contributed by atoms with Crippen LogP contribution in [0.3, 0.4) is 0 Å². The van der Waals surface area contributed by atoms with Gasteiger partial charge in [-0.3, -0.25) is 24.9 Å². The molecule has 29 heavy (non-hydrogen) atoms. The molecule has 3 aromatic rings. The fourth-order valence-corrected chi connectivity index (χ4v) is 3.04. The van der Waals surface area contributed by atoms with E-state index in [1.54, 1.807) is 19.9 Å². The van der Waals surface area contributed by atoms with Crippen LogP contribution in [-0.4, -0.2) is 35.4 Å². The first-order valence-electron chi connectivity index (χ1n) is 8.56. The van der Waals surface area contributed by atoms with Crippen molar-refractivity contribution in [1.82, 2.24) is 24.5 Å². The zero-order valence-corrected chi connectivity index (χ0v) is 16.4. The van der Waals surface area contributed by atoms with Crippen molar-refractivity contribution in [3.05, 3.63) is 62.4 Å². The van der Waals surface area contributed by atoms with Crippen molar-refractivity contribution in [3.63, 3.8) is 0 Å². The van der Waals surface area contributed by atoms with Crippen LogP contribution in [0.2, 0.25) is 5.02 Å². The van der Waals surface area contributed by atoms with E-state index in [1.165, 1.54) is 27.8 Å². The zero-order valence-electron chi connectivity index (χ0n) is 15.6. The number of nitrogens with zero attached hydrogens (tertiary/aromatic N) is 6.